The number of hydrogen-bond acceptors (Lipinski definition) is 5. The Labute approximate surface area is 153 Å². The summed E-state index contributed by atoms with van der Waals surface area (Å²) in [4.78, 5) is 10.7. The van der Waals surface area contributed by atoms with Crippen LogP contribution in [0.4, 0.5) is 10.1 Å². The van der Waals surface area contributed by atoms with Crippen LogP contribution in [-0.2, 0) is 12.3 Å². The van der Waals surface area contributed by atoms with E-state index < -0.39 is 4.92 Å². The van der Waals surface area contributed by atoms with Gasteiger partial charge in [0, 0.05) is 23.9 Å². The molecule has 0 spiro atoms. The lowest BCUT2D eigenvalue weighted by atomic mass is 10.2. The summed E-state index contributed by atoms with van der Waals surface area (Å²) >= 11 is 1.31. The number of allylic oxidation sites excluding steroid dienone is 1. The second kappa shape index (κ2) is 7.92. The number of hydrogen-bond donors (Lipinski definition) is 0. The fraction of sp³-hybridized carbons (Fsp3) is 0.111. The highest BCUT2D eigenvalue weighted by Crippen LogP contribution is 2.30. The topological polar surface area (TPSA) is 73.8 Å². The van der Waals surface area contributed by atoms with E-state index in [1.807, 2.05) is 0 Å². The van der Waals surface area contributed by atoms with Crippen LogP contribution in [0.1, 0.15) is 5.56 Å². The maximum absolute atomic E-state index is 14.1. The van der Waals surface area contributed by atoms with Crippen LogP contribution in [0.5, 0.6) is 0 Å². The average Bonchev–Trinajstić information content (AvgIpc) is 3.03. The van der Waals surface area contributed by atoms with Gasteiger partial charge >= 0.3 is 0 Å². The molecule has 0 fully saturated rings. The average molecular weight is 370 g/mol. The van der Waals surface area contributed by atoms with E-state index in [9.17, 15) is 14.5 Å². The van der Waals surface area contributed by atoms with Gasteiger partial charge in [0.2, 0.25) is 0 Å². The van der Waals surface area contributed by atoms with Crippen molar-refractivity contribution >= 4 is 17.4 Å². The Bertz CT molecular complexity index is 958. The first-order valence-corrected chi connectivity index (χ1v) is 8.74. The zero-order valence-electron chi connectivity index (χ0n) is 13.7. The number of thioether (sulfide) groups is 1. The van der Waals surface area contributed by atoms with Crippen LogP contribution in [0.2, 0.25) is 0 Å². The minimum absolute atomic E-state index is 0.0594. The van der Waals surface area contributed by atoms with Crippen LogP contribution < -0.4 is 0 Å². The van der Waals surface area contributed by atoms with Gasteiger partial charge in [0.05, 0.1) is 10.5 Å². The molecule has 3 rings (SSSR count). The lowest BCUT2D eigenvalue weighted by Crippen LogP contribution is -2.02. The van der Waals surface area contributed by atoms with Crippen LogP contribution >= 0.6 is 11.8 Å². The number of nitrogens with zero attached hydrogens (tertiary/aromatic N) is 4. The molecule has 0 N–H and O–H groups in total. The van der Waals surface area contributed by atoms with Gasteiger partial charge < -0.3 is 0 Å². The first-order chi connectivity index (χ1) is 12.6. The van der Waals surface area contributed by atoms with Crippen molar-refractivity contribution < 1.29 is 9.31 Å². The molecular formula is C18H15FN4O2S. The number of para-hydroxylation sites is 1. The second-order valence-electron chi connectivity index (χ2n) is 5.36. The summed E-state index contributed by atoms with van der Waals surface area (Å²) in [6.45, 7) is 4.12. The Morgan fingerprint density at radius 1 is 1.19 bits per heavy atom. The Morgan fingerprint density at radius 2 is 1.92 bits per heavy atom. The first kappa shape index (κ1) is 17.8. The number of halogens is 1. The van der Waals surface area contributed by atoms with E-state index in [4.69, 9.17) is 0 Å². The van der Waals surface area contributed by atoms with Gasteiger partial charge in [-0.25, -0.2) is 4.39 Å². The van der Waals surface area contributed by atoms with Gasteiger partial charge in [-0.15, -0.1) is 16.8 Å². The first-order valence-electron chi connectivity index (χ1n) is 7.76. The molecule has 0 bridgehead atoms. The third-order valence-corrected chi connectivity index (χ3v) is 4.70. The van der Waals surface area contributed by atoms with Crippen molar-refractivity contribution in [3.05, 3.63) is 82.7 Å². The van der Waals surface area contributed by atoms with Crippen molar-refractivity contribution in [3.63, 3.8) is 0 Å². The van der Waals surface area contributed by atoms with E-state index in [1.54, 1.807) is 47.0 Å². The normalized spacial score (nSPS) is 10.7. The molecule has 0 saturated heterocycles. The number of benzene rings is 2. The van der Waals surface area contributed by atoms with Crippen molar-refractivity contribution in [2.75, 3.05) is 0 Å². The van der Waals surface area contributed by atoms with Crippen LogP contribution in [0.3, 0.4) is 0 Å². The van der Waals surface area contributed by atoms with E-state index in [-0.39, 0.29) is 11.5 Å². The molecule has 26 heavy (non-hydrogen) atoms. The van der Waals surface area contributed by atoms with E-state index in [1.165, 1.54) is 23.9 Å². The Balaban J connectivity index is 1.91. The summed E-state index contributed by atoms with van der Waals surface area (Å²) < 4.78 is 15.8. The lowest BCUT2D eigenvalue weighted by molar-refractivity contribution is -0.385. The Kier molecular flexibility index (Phi) is 5.43. The second-order valence-corrected chi connectivity index (χ2v) is 6.30. The van der Waals surface area contributed by atoms with Crippen LogP contribution in [-0.4, -0.2) is 19.7 Å². The van der Waals surface area contributed by atoms with Gasteiger partial charge in [-0.3, -0.25) is 14.7 Å². The van der Waals surface area contributed by atoms with Gasteiger partial charge in [0.1, 0.15) is 5.82 Å². The fourth-order valence-corrected chi connectivity index (χ4v) is 3.43. The summed E-state index contributed by atoms with van der Waals surface area (Å²) in [5.74, 6) is 0.359. The van der Waals surface area contributed by atoms with Gasteiger partial charge in [-0.05, 0) is 12.1 Å². The van der Waals surface area contributed by atoms with E-state index >= 15 is 0 Å². The molecule has 0 amide bonds. The molecule has 0 atom stereocenters. The highest BCUT2D eigenvalue weighted by Gasteiger charge is 2.18. The summed E-state index contributed by atoms with van der Waals surface area (Å²) in [6.07, 6.45) is 1.67. The zero-order valence-corrected chi connectivity index (χ0v) is 14.5. The largest absolute Gasteiger partial charge is 0.298 e. The molecule has 1 heterocycles. The minimum atomic E-state index is -0.408. The molecule has 1 aromatic heterocycles. The molecule has 3 aromatic rings. The smallest absolute Gasteiger partial charge is 0.273 e. The number of aromatic nitrogens is 3. The Hall–Kier alpha value is -3.00. The van der Waals surface area contributed by atoms with Crippen molar-refractivity contribution in [3.8, 4) is 11.4 Å². The highest BCUT2D eigenvalue weighted by atomic mass is 32.2. The maximum Gasteiger partial charge on any atom is 0.273 e. The fourth-order valence-electron chi connectivity index (χ4n) is 2.48. The van der Waals surface area contributed by atoms with Crippen LogP contribution in [0, 0.1) is 15.9 Å². The molecule has 0 unspecified atom stereocenters. The van der Waals surface area contributed by atoms with Crippen molar-refractivity contribution in [2.45, 2.75) is 17.5 Å². The van der Waals surface area contributed by atoms with E-state index in [0.717, 1.165) is 0 Å². The third kappa shape index (κ3) is 3.65. The monoisotopic (exact) mass is 370 g/mol. The molecule has 132 valence electrons. The van der Waals surface area contributed by atoms with Gasteiger partial charge in [0.15, 0.2) is 11.0 Å². The van der Waals surface area contributed by atoms with Gasteiger partial charge in [0.25, 0.3) is 5.69 Å². The zero-order chi connectivity index (χ0) is 18.5. The van der Waals surface area contributed by atoms with Crippen LogP contribution in [0.25, 0.3) is 11.4 Å². The maximum atomic E-state index is 14.1. The highest BCUT2D eigenvalue weighted by molar-refractivity contribution is 7.98. The number of rotatable bonds is 7. The summed E-state index contributed by atoms with van der Waals surface area (Å²) in [5.41, 5.74) is 0.992. The van der Waals surface area contributed by atoms with Gasteiger partial charge in [-0.1, -0.05) is 48.2 Å². The minimum Gasteiger partial charge on any atom is -0.298 e. The van der Waals surface area contributed by atoms with E-state index in [0.29, 0.717) is 34.4 Å². The molecule has 0 aliphatic rings. The van der Waals surface area contributed by atoms with Crippen molar-refractivity contribution in [1.29, 1.82) is 0 Å². The van der Waals surface area contributed by atoms with Crippen molar-refractivity contribution in [1.82, 2.24) is 14.8 Å². The number of nitro benzene ring substituents is 1. The van der Waals surface area contributed by atoms with E-state index in [2.05, 4.69) is 16.8 Å². The third-order valence-electron chi connectivity index (χ3n) is 3.69. The van der Waals surface area contributed by atoms with Gasteiger partial charge in [-0.2, -0.15) is 0 Å². The quantitative estimate of drug-likeness (QED) is 0.265. The molecule has 2 aromatic carbocycles. The molecule has 0 saturated carbocycles. The molecule has 0 aliphatic heterocycles. The number of nitro groups is 1. The predicted octanol–water partition coefficient (Wildman–Crippen LogP) is 4.47. The van der Waals surface area contributed by atoms with Crippen LogP contribution in [0.15, 0.2) is 66.3 Å². The summed E-state index contributed by atoms with van der Waals surface area (Å²) in [6, 6.07) is 12.9. The molecule has 0 radical (unpaired) electrons. The lowest BCUT2D eigenvalue weighted by Gasteiger charge is -2.08. The summed E-state index contributed by atoms with van der Waals surface area (Å²) in [5, 5.41) is 19.9. The molecule has 8 heteroatoms. The summed E-state index contributed by atoms with van der Waals surface area (Å²) in [7, 11) is 0. The molecule has 6 nitrogen and oxygen atoms in total. The Morgan fingerprint density at radius 3 is 2.65 bits per heavy atom. The standard InChI is InChI=1S/C18H15FN4O2S/c1-2-11-22-17(14-8-4-5-9-15(14)19)20-21-18(22)26-12-13-7-3-6-10-16(13)23(24)25/h2-10H,1,11-12H2. The molecule has 0 aliphatic carbocycles. The molecular weight excluding hydrogens is 355 g/mol. The predicted molar refractivity (Wildman–Crippen MR) is 98.3 cm³/mol. The van der Waals surface area contributed by atoms with Crippen molar-refractivity contribution in [2.24, 2.45) is 0 Å². The SMILES string of the molecule is C=CCn1c(SCc2ccccc2[N+](=O)[O-])nnc1-c1ccccc1F.